The maximum absolute atomic E-state index is 13.2. The lowest BCUT2D eigenvalue weighted by Gasteiger charge is -2.24. The van der Waals surface area contributed by atoms with E-state index in [-0.39, 0.29) is 18.1 Å². The molecule has 2 heterocycles. The van der Waals surface area contributed by atoms with Gasteiger partial charge in [-0.05, 0) is 17.7 Å². The molecular formula is C23H20N2O4. The second kappa shape index (κ2) is 8.58. The Bertz CT molecular complexity index is 1040. The first-order valence-electron chi connectivity index (χ1n) is 9.27. The van der Waals surface area contributed by atoms with Crippen LogP contribution in [0.1, 0.15) is 27.9 Å². The van der Waals surface area contributed by atoms with Crippen LogP contribution in [-0.4, -0.2) is 27.6 Å². The molecule has 2 aromatic heterocycles. The second-order valence-corrected chi connectivity index (χ2v) is 6.64. The number of aliphatic hydroxyl groups is 1. The van der Waals surface area contributed by atoms with E-state index in [2.05, 4.69) is 5.16 Å². The summed E-state index contributed by atoms with van der Waals surface area (Å²) in [5.74, 6) is 0.589. The molecule has 1 N–H and O–H groups in total. The Kier molecular flexibility index (Phi) is 5.54. The van der Waals surface area contributed by atoms with Crippen molar-refractivity contribution >= 4 is 5.91 Å². The van der Waals surface area contributed by atoms with Crippen LogP contribution in [0.2, 0.25) is 0 Å². The van der Waals surface area contributed by atoms with Crippen LogP contribution in [0.15, 0.2) is 94.1 Å². The second-order valence-electron chi connectivity index (χ2n) is 6.64. The molecule has 1 atom stereocenters. The van der Waals surface area contributed by atoms with Gasteiger partial charge in [0.2, 0.25) is 0 Å². The molecule has 0 unspecified atom stereocenters. The topological polar surface area (TPSA) is 79.7 Å². The maximum atomic E-state index is 13.2. The smallest absolute Gasteiger partial charge is 0.276 e. The molecule has 0 aliphatic heterocycles. The van der Waals surface area contributed by atoms with E-state index in [9.17, 15) is 9.90 Å². The average Bonchev–Trinajstić information content (AvgIpc) is 3.46. The van der Waals surface area contributed by atoms with E-state index in [1.165, 1.54) is 11.2 Å². The summed E-state index contributed by atoms with van der Waals surface area (Å²) in [6, 6.07) is 24.0. The van der Waals surface area contributed by atoms with Crippen molar-refractivity contribution in [3.05, 3.63) is 102 Å². The van der Waals surface area contributed by atoms with Gasteiger partial charge in [0, 0.05) is 18.2 Å². The predicted molar refractivity (Wildman–Crippen MR) is 107 cm³/mol. The molecule has 0 aliphatic rings. The number of carbonyl (C=O) groups is 1. The van der Waals surface area contributed by atoms with Crippen LogP contribution >= 0.6 is 0 Å². The van der Waals surface area contributed by atoms with E-state index in [0.29, 0.717) is 18.1 Å². The Hall–Kier alpha value is -3.64. The van der Waals surface area contributed by atoms with Crippen molar-refractivity contribution in [3.63, 3.8) is 0 Å². The molecule has 4 rings (SSSR count). The highest BCUT2D eigenvalue weighted by molar-refractivity contribution is 5.93. The molecule has 0 aliphatic carbocycles. The third-order valence-electron chi connectivity index (χ3n) is 4.56. The number of furan rings is 1. The third kappa shape index (κ3) is 4.44. The van der Waals surface area contributed by atoms with Gasteiger partial charge in [-0.15, -0.1) is 0 Å². The first kappa shape index (κ1) is 18.7. The molecule has 4 aromatic rings. The molecule has 2 aromatic carbocycles. The molecule has 29 heavy (non-hydrogen) atoms. The zero-order valence-electron chi connectivity index (χ0n) is 15.6. The molecule has 146 valence electrons. The largest absolute Gasteiger partial charge is 0.467 e. The van der Waals surface area contributed by atoms with E-state index in [0.717, 1.165) is 11.1 Å². The standard InChI is InChI=1S/C23H20N2O4/c26-20(21-12-7-13-28-21)16-25(15-17-8-3-1-4-9-17)23(27)19-14-22(29-24-19)18-10-5-2-6-11-18/h1-14,20,26H,15-16H2/t20-/m0/s1. The number of benzene rings is 2. The van der Waals surface area contributed by atoms with Gasteiger partial charge in [0.1, 0.15) is 11.9 Å². The first-order valence-corrected chi connectivity index (χ1v) is 9.27. The normalized spacial score (nSPS) is 11.9. The monoisotopic (exact) mass is 388 g/mol. The van der Waals surface area contributed by atoms with E-state index in [4.69, 9.17) is 8.94 Å². The summed E-state index contributed by atoms with van der Waals surface area (Å²) in [5.41, 5.74) is 1.97. The zero-order chi connectivity index (χ0) is 20.1. The van der Waals surface area contributed by atoms with Crippen molar-refractivity contribution in [2.75, 3.05) is 6.54 Å². The van der Waals surface area contributed by atoms with Crippen LogP contribution in [0.25, 0.3) is 11.3 Å². The Labute approximate surface area is 168 Å². The van der Waals surface area contributed by atoms with Crippen molar-refractivity contribution in [2.24, 2.45) is 0 Å². The molecule has 0 bridgehead atoms. The van der Waals surface area contributed by atoms with Gasteiger partial charge in [-0.1, -0.05) is 65.8 Å². The SMILES string of the molecule is O=C(c1cc(-c2ccccc2)on1)N(Cc1ccccc1)C[C@H](O)c1ccco1. The lowest BCUT2D eigenvalue weighted by molar-refractivity contribution is 0.0554. The van der Waals surface area contributed by atoms with Crippen LogP contribution in [0.4, 0.5) is 0 Å². The van der Waals surface area contributed by atoms with Crippen molar-refractivity contribution < 1.29 is 18.8 Å². The van der Waals surface area contributed by atoms with Crippen LogP contribution in [0.5, 0.6) is 0 Å². The third-order valence-corrected chi connectivity index (χ3v) is 4.56. The predicted octanol–water partition coefficient (Wildman–Crippen LogP) is 4.31. The minimum Gasteiger partial charge on any atom is -0.467 e. The Morgan fingerprint density at radius 3 is 2.41 bits per heavy atom. The highest BCUT2D eigenvalue weighted by Gasteiger charge is 2.24. The molecule has 0 saturated heterocycles. The number of amides is 1. The van der Waals surface area contributed by atoms with Gasteiger partial charge in [-0.3, -0.25) is 4.79 Å². The van der Waals surface area contributed by atoms with E-state index in [1.807, 2.05) is 60.7 Å². The summed E-state index contributed by atoms with van der Waals surface area (Å²) in [4.78, 5) is 14.7. The fraction of sp³-hybridized carbons (Fsp3) is 0.130. The van der Waals surface area contributed by atoms with Gasteiger partial charge in [0.15, 0.2) is 11.5 Å². The highest BCUT2D eigenvalue weighted by Crippen LogP contribution is 2.22. The van der Waals surface area contributed by atoms with E-state index < -0.39 is 6.10 Å². The number of aliphatic hydroxyl groups excluding tert-OH is 1. The van der Waals surface area contributed by atoms with Crippen molar-refractivity contribution in [1.29, 1.82) is 0 Å². The maximum Gasteiger partial charge on any atom is 0.276 e. The van der Waals surface area contributed by atoms with Gasteiger partial charge in [-0.25, -0.2) is 0 Å². The summed E-state index contributed by atoms with van der Waals surface area (Å²) in [7, 11) is 0. The number of hydrogen-bond acceptors (Lipinski definition) is 5. The Morgan fingerprint density at radius 2 is 1.72 bits per heavy atom. The van der Waals surface area contributed by atoms with Gasteiger partial charge >= 0.3 is 0 Å². The summed E-state index contributed by atoms with van der Waals surface area (Å²) in [5, 5.41) is 14.5. The quantitative estimate of drug-likeness (QED) is 0.510. The number of carbonyl (C=O) groups excluding carboxylic acids is 1. The Morgan fingerprint density at radius 1 is 1.00 bits per heavy atom. The first-order chi connectivity index (χ1) is 14.2. The van der Waals surface area contributed by atoms with Crippen LogP contribution in [0.3, 0.4) is 0 Å². The molecule has 0 radical (unpaired) electrons. The fourth-order valence-electron chi connectivity index (χ4n) is 3.08. The number of aromatic nitrogens is 1. The fourth-order valence-corrected chi connectivity index (χ4v) is 3.08. The molecule has 1 amide bonds. The molecule has 0 spiro atoms. The van der Waals surface area contributed by atoms with Gasteiger partial charge in [0.05, 0.1) is 12.8 Å². The minimum atomic E-state index is -0.946. The van der Waals surface area contributed by atoms with E-state index >= 15 is 0 Å². The van der Waals surface area contributed by atoms with Gasteiger partial charge < -0.3 is 18.9 Å². The molecule has 0 saturated carbocycles. The van der Waals surface area contributed by atoms with E-state index in [1.54, 1.807) is 18.2 Å². The summed E-state index contributed by atoms with van der Waals surface area (Å²) in [6.45, 7) is 0.389. The van der Waals surface area contributed by atoms with Crippen LogP contribution in [-0.2, 0) is 6.54 Å². The van der Waals surface area contributed by atoms with Crippen molar-refractivity contribution in [3.8, 4) is 11.3 Å². The highest BCUT2D eigenvalue weighted by atomic mass is 16.5. The molecular weight excluding hydrogens is 368 g/mol. The average molecular weight is 388 g/mol. The summed E-state index contributed by atoms with van der Waals surface area (Å²) >= 11 is 0. The Balaban J connectivity index is 1.58. The van der Waals surface area contributed by atoms with Gasteiger partial charge in [-0.2, -0.15) is 0 Å². The summed E-state index contributed by atoms with van der Waals surface area (Å²) < 4.78 is 10.6. The molecule has 6 nitrogen and oxygen atoms in total. The zero-order valence-corrected chi connectivity index (χ0v) is 15.6. The van der Waals surface area contributed by atoms with Crippen LogP contribution < -0.4 is 0 Å². The minimum absolute atomic E-state index is 0.0643. The number of rotatable bonds is 7. The van der Waals surface area contributed by atoms with Crippen molar-refractivity contribution in [2.45, 2.75) is 12.6 Å². The number of hydrogen-bond donors (Lipinski definition) is 1. The number of nitrogens with zero attached hydrogens (tertiary/aromatic N) is 2. The van der Waals surface area contributed by atoms with Crippen LogP contribution in [0, 0.1) is 0 Å². The lowest BCUT2D eigenvalue weighted by atomic mass is 10.1. The molecule has 6 heteroatoms. The molecule has 0 fully saturated rings. The van der Waals surface area contributed by atoms with Crippen molar-refractivity contribution in [1.82, 2.24) is 10.1 Å². The summed E-state index contributed by atoms with van der Waals surface area (Å²) in [6.07, 6.45) is 0.546. The lowest BCUT2D eigenvalue weighted by Crippen LogP contribution is -2.34. The van der Waals surface area contributed by atoms with Gasteiger partial charge in [0.25, 0.3) is 5.91 Å².